The van der Waals surface area contributed by atoms with Gasteiger partial charge in [0.2, 0.25) is 0 Å². The van der Waals surface area contributed by atoms with Crippen molar-refractivity contribution in [3.63, 3.8) is 0 Å². The number of hydrogen-bond donors (Lipinski definition) is 2. The van der Waals surface area contributed by atoms with E-state index in [4.69, 9.17) is 19.9 Å². The molecule has 1 aromatic carbocycles. The summed E-state index contributed by atoms with van der Waals surface area (Å²) in [7, 11) is 0. The number of carbonyl (C=O) groups excluding carboxylic acids is 1. The van der Waals surface area contributed by atoms with Crippen LogP contribution in [-0.4, -0.2) is 44.5 Å². The third-order valence-electron chi connectivity index (χ3n) is 3.68. The van der Waals surface area contributed by atoms with Crippen molar-refractivity contribution in [3.8, 4) is 5.75 Å². The second-order valence-electron chi connectivity index (χ2n) is 5.61. The minimum atomic E-state index is -0.520. The predicted molar refractivity (Wildman–Crippen MR) is 95.9 cm³/mol. The van der Waals surface area contributed by atoms with Crippen molar-refractivity contribution in [2.75, 3.05) is 31.7 Å². The highest BCUT2D eigenvalue weighted by Crippen LogP contribution is 2.17. The Hall–Kier alpha value is -1.34. The van der Waals surface area contributed by atoms with Gasteiger partial charge in [-0.3, -0.25) is 4.79 Å². The number of halogens is 1. The molecule has 1 heterocycles. The van der Waals surface area contributed by atoms with Crippen molar-refractivity contribution in [2.24, 2.45) is 5.73 Å². The minimum Gasteiger partial charge on any atom is -0.492 e. The molecular weight excluding hydrogens is 332 g/mol. The first-order valence-corrected chi connectivity index (χ1v) is 8.16. The summed E-state index contributed by atoms with van der Waals surface area (Å²) in [6, 6.07) is 7.18. The maximum atomic E-state index is 12.1. The molecule has 0 radical (unpaired) electrons. The molecule has 1 aliphatic heterocycles. The first-order chi connectivity index (χ1) is 11.2. The summed E-state index contributed by atoms with van der Waals surface area (Å²) in [6.45, 7) is 3.93. The van der Waals surface area contributed by atoms with E-state index in [9.17, 15) is 4.79 Å². The maximum absolute atomic E-state index is 12.1. The van der Waals surface area contributed by atoms with E-state index in [1.165, 1.54) is 0 Å². The van der Waals surface area contributed by atoms with Crippen molar-refractivity contribution in [3.05, 3.63) is 24.3 Å². The van der Waals surface area contributed by atoms with Crippen LogP contribution in [0.5, 0.6) is 5.75 Å². The molecule has 24 heavy (non-hydrogen) atoms. The number of hydrogen-bond acceptors (Lipinski definition) is 5. The van der Waals surface area contributed by atoms with Crippen LogP contribution in [0.1, 0.15) is 26.2 Å². The van der Waals surface area contributed by atoms with Crippen LogP contribution in [0.3, 0.4) is 0 Å². The first kappa shape index (κ1) is 20.7. The number of benzene rings is 1. The molecule has 3 N–H and O–H groups in total. The molecule has 2 atom stereocenters. The lowest BCUT2D eigenvalue weighted by atomic mass is 10.1. The minimum absolute atomic E-state index is 0. The van der Waals surface area contributed by atoms with Gasteiger partial charge >= 0.3 is 0 Å². The molecule has 2 unspecified atom stereocenters. The van der Waals surface area contributed by atoms with Crippen molar-refractivity contribution < 1.29 is 19.0 Å². The zero-order valence-electron chi connectivity index (χ0n) is 14.0. The Morgan fingerprint density at radius 2 is 2.12 bits per heavy atom. The summed E-state index contributed by atoms with van der Waals surface area (Å²) in [4.78, 5) is 12.1. The van der Waals surface area contributed by atoms with E-state index in [-0.39, 0.29) is 24.4 Å². The fourth-order valence-corrected chi connectivity index (χ4v) is 2.32. The standard InChI is InChI=1S/C17H26N2O4.ClH/c1-13(23-12-16-4-2-3-10-21-16)17(20)19-14-5-7-15(8-6-14)22-11-9-18;/h5-8,13,16H,2-4,9-12,18H2,1H3,(H,19,20);1H. The van der Waals surface area contributed by atoms with E-state index in [0.717, 1.165) is 31.6 Å². The van der Waals surface area contributed by atoms with E-state index in [1.54, 1.807) is 31.2 Å². The number of nitrogens with two attached hydrogens (primary N) is 1. The van der Waals surface area contributed by atoms with Crippen LogP contribution >= 0.6 is 12.4 Å². The lowest BCUT2D eigenvalue weighted by Crippen LogP contribution is -2.32. The van der Waals surface area contributed by atoms with Gasteiger partial charge in [0, 0.05) is 18.8 Å². The maximum Gasteiger partial charge on any atom is 0.253 e. The summed E-state index contributed by atoms with van der Waals surface area (Å²) in [5, 5.41) is 2.83. The van der Waals surface area contributed by atoms with Crippen molar-refractivity contribution in [1.82, 2.24) is 0 Å². The SMILES string of the molecule is CC(OCC1CCCCO1)C(=O)Nc1ccc(OCCN)cc1.Cl. The Kier molecular flexibility index (Phi) is 9.71. The van der Waals surface area contributed by atoms with Crippen molar-refractivity contribution in [1.29, 1.82) is 0 Å². The van der Waals surface area contributed by atoms with Crippen LogP contribution in [0, 0.1) is 0 Å². The highest BCUT2D eigenvalue weighted by molar-refractivity contribution is 5.93. The molecule has 1 amide bonds. The molecule has 0 aromatic heterocycles. The molecule has 0 spiro atoms. The number of carbonyl (C=O) groups is 1. The number of rotatable bonds is 8. The molecule has 1 fully saturated rings. The summed E-state index contributed by atoms with van der Waals surface area (Å²) in [5.74, 6) is 0.559. The smallest absolute Gasteiger partial charge is 0.253 e. The Balaban J connectivity index is 0.00000288. The average molecular weight is 359 g/mol. The van der Waals surface area contributed by atoms with Gasteiger partial charge < -0.3 is 25.3 Å². The van der Waals surface area contributed by atoms with Crippen LogP contribution in [0.4, 0.5) is 5.69 Å². The lowest BCUT2D eigenvalue weighted by Gasteiger charge is -2.23. The van der Waals surface area contributed by atoms with E-state index >= 15 is 0 Å². The Morgan fingerprint density at radius 1 is 1.38 bits per heavy atom. The van der Waals surface area contributed by atoms with Gasteiger partial charge in [-0.25, -0.2) is 0 Å². The average Bonchev–Trinajstić information content (AvgIpc) is 2.60. The summed E-state index contributed by atoms with van der Waals surface area (Å²) in [5.41, 5.74) is 6.09. The second-order valence-corrected chi connectivity index (χ2v) is 5.61. The van der Waals surface area contributed by atoms with Gasteiger partial charge in [-0.1, -0.05) is 0 Å². The zero-order chi connectivity index (χ0) is 16.5. The van der Waals surface area contributed by atoms with E-state index in [1.807, 2.05) is 0 Å². The van der Waals surface area contributed by atoms with Gasteiger partial charge in [0.1, 0.15) is 18.5 Å². The van der Waals surface area contributed by atoms with Gasteiger partial charge in [0.05, 0.1) is 12.7 Å². The van der Waals surface area contributed by atoms with Crippen molar-refractivity contribution in [2.45, 2.75) is 38.4 Å². The second kappa shape index (κ2) is 11.3. The zero-order valence-corrected chi connectivity index (χ0v) is 14.8. The van der Waals surface area contributed by atoms with Crippen LogP contribution in [-0.2, 0) is 14.3 Å². The van der Waals surface area contributed by atoms with Crippen molar-refractivity contribution >= 4 is 24.0 Å². The molecule has 1 aromatic rings. The molecule has 0 saturated carbocycles. The van der Waals surface area contributed by atoms with Gasteiger partial charge in [-0.05, 0) is 50.5 Å². The number of nitrogens with one attached hydrogen (secondary N) is 1. The molecule has 7 heteroatoms. The van der Waals surface area contributed by atoms with Gasteiger partial charge in [0.15, 0.2) is 0 Å². The molecular formula is C17H27ClN2O4. The van der Waals surface area contributed by atoms with Gasteiger partial charge in [0.25, 0.3) is 5.91 Å². The Morgan fingerprint density at radius 3 is 2.75 bits per heavy atom. The van der Waals surface area contributed by atoms with Gasteiger partial charge in [-0.2, -0.15) is 0 Å². The van der Waals surface area contributed by atoms with Crippen LogP contribution in [0.25, 0.3) is 0 Å². The third kappa shape index (κ3) is 7.05. The number of anilines is 1. The molecule has 1 aliphatic rings. The number of ether oxygens (including phenoxy) is 3. The highest BCUT2D eigenvalue weighted by atomic mass is 35.5. The van der Waals surface area contributed by atoms with E-state index in [2.05, 4.69) is 5.32 Å². The Labute approximate surface area is 149 Å². The monoisotopic (exact) mass is 358 g/mol. The quantitative estimate of drug-likeness (QED) is 0.745. The van der Waals surface area contributed by atoms with Crippen LogP contribution < -0.4 is 15.8 Å². The predicted octanol–water partition coefficient (Wildman–Crippen LogP) is 2.36. The number of amides is 1. The first-order valence-electron chi connectivity index (χ1n) is 8.16. The van der Waals surface area contributed by atoms with E-state index in [0.29, 0.717) is 25.4 Å². The molecule has 0 aliphatic carbocycles. The summed E-state index contributed by atoms with van der Waals surface area (Å²) < 4.78 is 16.6. The topological polar surface area (TPSA) is 82.8 Å². The van der Waals surface area contributed by atoms with Gasteiger partial charge in [-0.15, -0.1) is 12.4 Å². The van der Waals surface area contributed by atoms with Crippen LogP contribution in [0.15, 0.2) is 24.3 Å². The largest absolute Gasteiger partial charge is 0.492 e. The molecule has 136 valence electrons. The van der Waals surface area contributed by atoms with E-state index < -0.39 is 6.10 Å². The lowest BCUT2D eigenvalue weighted by molar-refractivity contribution is -0.130. The molecule has 2 rings (SSSR count). The highest BCUT2D eigenvalue weighted by Gasteiger charge is 2.19. The fourth-order valence-electron chi connectivity index (χ4n) is 2.32. The molecule has 6 nitrogen and oxygen atoms in total. The molecule has 0 bridgehead atoms. The molecule has 1 saturated heterocycles. The normalized spacial score (nSPS) is 18.3. The summed E-state index contributed by atoms with van der Waals surface area (Å²) in [6.07, 6.45) is 2.86. The third-order valence-corrected chi connectivity index (χ3v) is 3.68. The summed E-state index contributed by atoms with van der Waals surface area (Å²) >= 11 is 0. The Bertz CT molecular complexity index is 478. The fraction of sp³-hybridized carbons (Fsp3) is 0.588. The van der Waals surface area contributed by atoms with Crippen LogP contribution in [0.2, 0.25) is 0 Å².